The maximum absolute atomic E-state index is 10.8. The molecule has 0 amide bonds. The number of nitrogens with one attached hydrogen (secondary N) is 1. The number of rotatable bonds is 4. The molecule has 1 N–H and O–H groups in total. The van der Waals surface area contributed by atoms with E-state index < -0.39 is 4.92 Å². The third kappa shape index (κ3) is 3.11. The molecule has 0 bridgehead atoms. The van der Waals surface area contributed by atoms with E-state index in [4.69, 9.17) is 9.68 Å². The molecule has 1 aromatic carbocycles. The Balaban J connectivity index is 2.09. The first kappa shape index (κ1) is 13.1. The number of nitrogens with zero attached hydrogens (tertiary/aromatic N) is 2. The first-order valence-electron chi connectivity index (χ1n) is 5.27. The Bertz CT molecular complexity index is 660. The summed E-state index contributed by atoms with van der Waals surface area (Å²) in [5, 5.41) is 22.4. The average Bonchev–Trinajstić information content (AvgIpc) is 2.85. The Hall–Kier alpha value is -2.33. The first-order chi connectivity index (χ1) is 9.10. The van der Waals surface area contributed by atoms with Gasteiger partial charge in [0.05, 0.1) is 15.9 Å². The molecule has 0 aliphatic heterocycles. The van der Waals surface area contributed by atoms with Crippen molar-refractivity contribution < 1.29 is 9.34 Å². The summed E-state index contributed by atoms with van der Waals surface area (Å²) in [6, 6.07) is 9.88. The molecule has 1 aromatic heterocycles. The van der Waals surface area contributed by atoms with Gasteiger partial charge in [-0.25, -0.2) is 0 Å². The highest BCUT2D eigenvalue weighted by Gasteiger charge is 2.12. The number of nitro groups is 1. The van der Waals surface area contributed by atoms with Crippen molar-refractivity contribution in [3.63, 3.8) is 0 Å². The molecule has 0 spiro atoms. The van der Waals surface area contributed by atoms with E-state index in [9.17, 15) is 10.1 Å². The van der Waals surface area contributed by atoms with Crippen LogP contribution in [0.15, 0.2) is 39.2 Å². The van der Waals surface area contributed by atoms with Gasteiger partial charge >= 0.3 is 0 Å². The lowest BCUT2D eigenvalue weighted by Gasteiger charge is -2.04. The van der Waals surface area contributed by atoms with Crippen molar-refractivity contribution in [3.05, 3.63) is 56.4 Å². The molecule has 0 fully saturated rings. The van der Waals surface area contributed by atoms with Crippen LogP contribution in [0.2, 0.25) is 0 Å². The van der Waals surface area contributed by atoms with Gasteiger partial charge in [0.15, 0.2) is 0 Å². The minimum absolute atomic E-state index is 0.0119. The van der Waals surface area contributed by atoms with Gasteiger partial charge in [-0.1, -0.05) is 0 Å². The number of benzene rings is 1. The van der Waals surface area contributed by atoms with Crippen LogP contribution in [0.4, 0.5) is 11.4 Å². The molecular weight excluding hydrogens is 314 g/mol. The normalized spacial score (nSPS) is 9.89. The minimum Gasteiger partial charge on any atom is -0.449 e. The number of hydrogen-bond acceptors (Lipinski definition) is 5. The second-order valence-electron chi connectivity index (χ2n) is 3.65. The number of halogens is 1. The Kier molecular flexibility index (Phi) is 3.82. The van der Waals surface area contributed by atoms with Gasteiger partial charge in [-0.15, -0.1) is 0 Å². The molecule has 0 unspecified atom stereocenters. The first-order valence-corrected chi connectivity index (χ1v) is 6.06. The van der Waals surface area contributed by atoms with Gasteiger partial charge in [0.1, 0.15) is 11.8 Å². The van der Waals surface area contributed by atoms with Crippen molar-refractivity contribution in [2.45, 2.75) is 6.54 Å². The number of furan rings is 1. The van der Waals surface area contributed by atoms with Gasteiger partial charge in [-0.3, -0.25) is 10.1 Å². The summed E-state index contributed by atoms with van der Waals surface area (Å²) in [5.41, 5.74) is 0.590. The zero-order chi connectivity index (χ0) is 13.8. The van der Waals surface area contributed by atoms with E-state index in [1.165, 1.54) is 6.07 Å². The van der Waals surface area contributed by atoms with Gasteiger partial charge in [-0.2, -0.15) is 5.26 Å². The molecule has 2 rings (SSSR count). The highest BCUT2D eigenvalue weighted by Crippen LogP contribution is 2.28. The van der Waals surface area contributed by atoms with E-state index in [-0.39, 0.29) is 11.4 Å². The SMILES string of the molecule is N#Cc1ccc(CNc2ccc(Br)c([N+](=O)[O-])c2)o1. The highest BCUT2D eigenvalue weighted by atomic mass is 79.9. The van der Waals surface area contributed by atoms with Gasteiger partial charge < -0.3 is 9.73 Å². The van der Waals surface area contributed by atoms with E-state index in [1.54, 1.807) is 24.3 Å². The van der Waals surface area contributed by atoms with Gasteiger partial charge in [-0.05, 0) is 40.2 Å². The van der Waals surface area contributed by atoms with Crippen LogP contribution >= 0.6 is 15.9 Å². The van der Waals surface area contributed by atoms with E-state index in [0.717, 1.165) is 0 Å². The molecule has 2 aromatic rings. The van der Waals surface area contributed by atoms with Crippen LogP contribution in [0, 0.1) is 21.4 Å². The quantitative estimate of drug-likeness (QED) is 0.687. The van der Waals surface area contributed by atoms with Crippen LogP contribution in [0.3, 0.4) is 0 Å². The molecule has 6 nitrogen and oxygen atoms in total. The van der Waals surface area contributed by atoms with Crippen LogP contribution in [0.25, 0.3) is 0 Å². The Morgan fingerprint density at radius 3 is 2.84 bits per heavy atom. The Morgan fingerprint density at radius 1 is 1.42 bits per heavy atom. The maximum atomic E-state index is 10.8. The van der Waals surface area contributed by atoms with Crippen LogP contribution in [-0.4, -0.2) is 4.92 Å². The molecule has 0 radical (unpaired) electrons. The fraction of sp³-hybridized carbons (Fsp3) is 0.0833. The summed E-state index contributed by atoms with van der Waals surface area (Å²) < 4.78 is 5.61. The monoisotopic (exact) mass is 321 g/mol. The van der Waals surface area contributed by atoms with Gasteiger partial charge in [0, 0.05) is 11.8 Å². The molecule has 0 saturated heterocycles. The summed E-state index contributed by atoms with van der Waals surface area (Å²) in [6.07, 6.45) is 0. The summed E-state index contributed by atoms with van der Waals surface area (Å²) in [7, 11) is 0. The molecule has 1 heterocycles. The van der Waals surface area contributed by atoms with Crippen molar-refractivity contribution in [1.29, 1.82) is 5.26 Å². The van der Waals surface area contributed by atoms with E-state index in [0.29, 0.717) is 22.5 Å². The number of hydrogen-bond donors (Lipinski definition) is 1. The minimum atomic E-state index is -0.462. The molecule has 0 atom stereocenters. The van der Waals surface area contributed by atoms with E-state index >= 15 is 0 Å². The third-order valence-corrected chi connectivity index (χ3v) is 3.05. The van der Waals surface area contributed by atoms with Crippen molar-refractivity contribution in [2.75, 3.05) is 5.32 Å². The summed E-state index contributed by atoms with van der Waals surface area (Å²) in [4.78, 5) is 10.3. The molecule has 19 heavy (non-hydrogen) atoms. The third-order valence-electron chi connectivity index (χ3n) is 2.38. The number of nitriles is 1. The van der Waals surface area contributed by atoms with Crippen LogP contribution in [-0.2, 0) is 6.54 Å². The molecule has 96 valence electrons. The molecular formula is C12H8BrN3O3. The summed E-state index contributed by atoms with van der Waals surface area (Å²) in [5.74, 6) is 0.820. The maximum Gasteiger partial charge on any atom is 0.285 e. The Labute approximate surface area is 116 Å². The van der Waals surface area contributed by atoms with E-state index in [1.807, 2.05) is 6.07 Å². The van der Waals surface area contributed by atoms with Crippen molar-refractivity contribution in [1.82, 2.24) is 0 Å². The zero-order valence-corrected chi connectivity index (χ0v) is 11.2. The predicted molar refractivity (Wildman–Crippen MR) is 71.5 cm³/mol. The molecule has 7 heteroatoms. The van der Waals surface area contributed by atoms with Gasteiger partial charge in [0.2, 0.25) is 5.76 Å². The van der Waals surface area contributed by atoms with Crippen molar-refractivity contribution in [3.8, 4) is 6.07 Å². The zero-order valence-electron chi connectivity index (χ0n) is 9.59. The second-order valence-corrected chi connectivity index (χ2v) is 4.51. The largest absolute Gasteiger partial charge is 0.449 e. The summed E-state index contributed by atoms with van der Waals surface area (Å²) in [6.45, 7) is 0.348. The lowest BCUT2D eigenvalue weighted by atomic mass is 10.3. The standard InChI is InChI=1S/C12H8BrN3O3/c13-11-4-1-8(5-12(11)16(17)18)15-7-10-3-2-9(6-14)19-10/h1-5,15H,7H2. The summed E-state index contributed by atoms with van der Waals surface area (Å²) >= 11 is 3.12. The number of nitro benzene ring substituents is 1. The van der Waals surface area contributed by atoms with Crippen LogP contribution < -0.4 is 5.32 Å². The van der Waals surface area contributed by atoms with Crippen LogP contribution in [0.1, 0.15) is 11.5 Å². The second kappa shape index (κ2) is 5.54. The lowest BCUT2D eigenvalue weighted by molar-refractivity contribution is -0.385. The fourth-order valence-corrected chi connectivity index (χ4v) is 1.88. The highest BCUT2D eigenvalue weighted by molar-refractivity contribution is 9.10. The Morgan fingerprint density at radius 2 is 2.21 bits per heavy atom. The number of anilines is 1. The molecule has 0 saturated carbocycles. The fourth-order valence-electron chi connectivity index (χ4n) is 1.48. The van der Waals surface area contributed by atoms with Gasteiger partial charge in [0.25, 0.3) is 5.69 Å². The van der Waals surface area contributed by atoms with Crippen molar-refractivity contribution >= 4 is 27.3 Å². The lowest BCUT2D eigenvalue weighted by Crippen LogP contribution is -1.99. The molecule has 0 aliphatic carbocycles. The van der Waals surface area contributed by atoms with E-state index in [2.05, 4.69) is 21.2 Å². The average molecular weight is 322 g/mol. The topological polar surface area (TPSA) is 92.1 Å². The smallest absolute Gasteiger partial charge is 0.285 e. The van der Waals surface area contributed by atoms with Crippen LogP contribution in [0.5, 0.6) is 0 Å². The molecule has 0 aliphatic rings. The van der Waals surface area contributed by atoms with Crippen molar-refractivity contribution in [2.24, 2.45) is 0 Å². The predicted octanol–water partition coefficient (Wildman–Crippen LogP) is 3.43.